The first kappa shape index (κ1) is 19.3. The van der Waals surface area contributed by atoms with Gasteiger partial charge in [0, 0.05) is 29.8 Å². The van der Waals surface area contributed by atoms with Crippen molar-refractivity contribution in [3.63, 3.8) is 0 Å². The van der Waals surface area contributed by atoms with Crippen LogP contribution in [0.4, 0.5) is 11.4 Å². The Labute approximate surface area is 155 Å². The third-order valence-corrected chi connectivity index (χ3v) is 3.93. The van der Waals surface area contributed by atoms with Gasteiger partial charge in [-0.2, -0.15) is 0 Å². The SMILES string of the molecule is COc1ccc(/C(C)=C/C(=O)Nc2cc([N+](=O)[O-])ccc2Cl)c(OC)c1. The number of hydrogen-bond donors (Lipinski definition) is 1. The van der Waals surface area contributed by atoms with Crippen LogP contribution in [0, 0.1) is 10.1 Å². The van der Waals surface area contributed by atoms with Crippen LogP contribution < -0.4 is 14.8 Å². The van der Waals surface area contributed by atoms with E-state index in [9.17, 15) is 14.9 Å². The molecule has 0 saturated carbocycles. The van der Waals surface area contributed by atoms with E-state index >= 15 is 0 Å². The minimum Gasteiger partial charge on any atom is -0.497 e. The van der Waals surface area contributed by atoms with E-state index in [2.05, 4.69) is 5.32 Å². The minimum absolute atomic E-state index is 0.164. The third kappa shape index (κ3) is 4.52. The number of halogens is 1. The van der Waals surface area contributed by atoms with Gasteiger partial charge in [-0.25, -0.2) is 0 Å². The third-order valence-electron chi connectivity index (χ3n) is 3.60. The first-order valence-electron chi connectivity index (χ1n) is 7.51. The number of amides is 1. The van der Waals surface area contributed by atoms with E-state index in [1.54, 1.807) is 32.2 Å². The molecule has 0 fully saturated rings. The molecule has 0 saturated heterocycles. The summed E-state index contributed by atoms with van der Waals surface area (Å²) in [6, 6.07) is 9.07. The van der Waals surface area contributed by atoms with Gasteiger partial charge in [-0.15, -0.1) is 0 Å². The number of non-ortho nitro benzene ring substituents is 1. The van der Waals surface area contributed by atoms with E-state index in [1.807, 2.05) is 0 Å². The van der Waals surface area contributed by atoms with Crippen LogP contribution in [0.25, 0.3) is 5.57 Å². The molecule has 0 bridgehead atoms. The fraction of sp³-hybridized carbons (Fsp3) is 0.167. The highest BCUT2D eigenvalue weighted by Crippen LogP contribution is 2.30. The largest absolute Gasteiger partial charge is 0.497 e. The lowest BCUT2D eigenvalue weighted by molar-refractivity contribution is -0.384. The van der Waals surface area contributed by atoms with Crippen LogP contribution >= 0.6 is 11.6 Å². The zero-order valence-electron chi connectivity index (χ0n) is 14.4. The fourth-order valence-electron chi connectivity index (χ4n) is 2.29. The summed E-state index contributed by atoms with van der Waals surface area (Å²) in [4.78, 5) is 22.6. The molecule has 2 aromatic carbocycles. The van der Waals surface area contributed by atoms with Crippen molar-refractivity contribution in [2.75, 3.05) is 19.5 Å². The Morgan fingerprint density at radius 1 is 1.19 bits per heavy atom. The molecule has 2 aromatic rings. The number of carbonyl (C=O) groups is 1. The fourth-order valence-corrected chi connectivity index (χ4v) is 2.45. The van der Waals surface area contributed by atoms with Crippen LogP contribution in [0.2, 0.25) is 5.02 Å². The molecule has 8 heteroatoms. The van der Waals surface area contributed by atoms with E-state index in [0.717, 1.165) is 0 Å². The highest BCUT2D eigenvalue weighted by atomic mass is 35.5. The number of anilines is 1. The molecular weight excluding hydrogens is 360 g/mol. The smallest absolute Gasteiger partial charge is 0.271 e. The molecule has 7 nitrogen and oxygen atoms in total. The number of methoxy groups -OCH3 is 2. The van der Waals surface area contributed by atoms with Gasteiger partial charge in [0.05, 0.1) is 29.9 Å². The molecule has 1 N–H and O–H groups in total. The number of nitro benzene ring substituents is 1. The van der Waals surface area contributed by atoms with Crippen molar-refractivity contribution >= 4 is 34.5 Å². The summed E-state index contributed by atoms with van der Waals surface area (Å²) in [6.07, 6.45) is 1.36. The number of hydrogen-bond acceptors (Lipinski definition) is 5. The standard InChI is InChI=1S/C18H17ClN2O5/c1-11(14-6-5-13(25-2)10-17(14)26-3)8-18(22)20-16-9-12(21(23)24)4-7-15(16)19/h4-10H,1-3H3,(H,20,22)/b11-8+. The summed E-state index contributed by atoms with van der Waals surface area (Å²) in [5.41, 5.74) is 1.36. The predicted octanol–water partition coefficient (Wildman–Crippen LogP) is 4.31. The van der Waals surface area contributed by atoms with Gasteiger partial charge in [-0.3, -0.25) is 14.9 Å². The minimum atomic E-state index is -0.560. The zero-order chi connectivity index (χ0) is 19.3. The number of nitrogens with one attached hydrogen (secondary N) is 1. The Morgan fingerprint density at radius 3 is 2.54 bits per heavy atom. The number of nitrogens with zero attached hydrogens (tertiary/aromatic N) is 1. The van der Waals surface area contributed by atoms with E-state index < -0.39 is 10.8 Å². The van der Waals surface area contributed by atoms with Gasteiger partial charge in [0.25, 0.3) is 5.69 Å². The Morgan fingerprint density at radius 2 is 1.92 bits per heavy atom. The number of benzene rings is 2. The number of carbonyl (C=O) groups excluding carboxylic acids is 1. The second-order valence-corrected chi connectivity index (χ2v) is 5.71. The number of nitro groups is 1. The van der Waals surface area contributed by atoms with Gasteiger partial charge in [-0.05, 0) is 30.7 Å². The van der Waals surface area contributed by atoms with Gasteiger partial charge < -0.3 is 14.8 Å². The molecule has 0 aliphatic rings. The molecule has 0 aromatic heterocycles. The topological polar surface area (TPSA) is 90.7 Å². The lowest BCUT2D eigenvalue weighted by atomic mass is 10.1. The maximum Gasteiger partial charge on any atom is 0.271 e. The van der Waals surface area contributed by atoms with Gasteiger partial charge in [-0.1, -0.05) is 11.6 Å². The van der Waals surface area contributed by atoms with Crippen molar-refractivity contribution in [2.45, 2.75) is 6.92 Å². The number of rotatable bonds is 6. The molecule has 0 radical (unpaired) electrons. The first-order valence-corrected chi connectivity index (χ1v) is 7.89. The van der Waals surface area contributed by atoms with Crippen LogP contribution in [0.1, 0.15) is 12.5 Å². The molecule has 0 spiro atoms. The second kappa shape index (κ2) is 8.35. The maximum absolute atomic E-state index is 12.3. The van der Waals surface area contributed by atoms with Crippen molar-refractivity contribution in [1.82, 2.24) is 0 Å². The van der Waals surface area contributed by atoms with Gasteiger partial charge in [0.15, 0.2) is 0 Å². The molecule has 1 amide bonds. The van der Waals surface area contributed by atoms with E-state index in [0.29, 0.717) is 22.6 Å². The molecule has 0 unspecified atom stereocenters. The summed E-state index contributed by atoms with van der Waals surface area (Å²) in [5, 5.41) is 13.6. The predicted molar refractivity (Wildman–Crippen MR) is 99.9 cm³/mol. The monoisotopic (exact) mass is 376 g/mol. The van der Waals surface area contributed by atoms with Gasteiger partial charge in [0.2, 0.25) is 5.91 Å². The quantitative estimate of drug-likeness (QED) is 0.461. The second-order valence-electron chi connectivity index (χ2n) is 5.30. The molecule has 0 aliphatic carbocycles. The number of allylic oxidation sites excluding steroid dienone is 1. The summed E-state index contributed by atoms with van der Waals surface area (Å²) >= 11 is 5.99. The highest BCUT2D eigenvalue weighted by Gasteiger charge is 2.13. The summed E-state index contributed by atoms with van der Waals surface area (Å²) in [6.45, 7) is 1.75. The van der Waals surface area contributed by atoms with Crippen LogP contribution in [0.5, 0.6) is 11.5 Å². The van der Waals surface area contributed by atoms with Crippen molar-refractivity contribution < 1.29 is 19.2 Å². The Bertz CT molecular complexity index is 880. The van der Waals surface area contributed by atoms with Crippen molar-refractivity contribution in [3.05, 3.63) is 63.2 Å². The average molecular weight is 377 g/mol. The zero-order valence-corrected chi connectivity index (χ0v) is 15.2. The van der Waals surface area contributed by atoms with E-state index in [1.165, 1.54) is 31.4 Å². The molecule has 136 valence electrons. The summed E-state index contributed by atoms with van der Waals surface area (Å²) in [5.74, 6) is 0.716. The van der Waals surface area contributed by atoms with Gasteiger partial charge >= 0.3 is 0 Å². The summed E-state index contributed by atoms with van der Waals surface area (Å²) in [7, 11) is 3.07. The van der Waals surface area contributed by atoms with Crippen molar-refractivity contribution in [1.29, 1.82) is 0 Å². The lowest BCUT2D eigenvalue weighted by Gasteiger charge is -2.11. The Hall–Kier alpha value is -3.06. The normalized spacial score (nSPS) is 11.0. The van der Waals surface area contributed by atoms with Crippen LogP contribution in [0.15, 0.2) is 42.5 Å². The average Bonchev–Trinajstić information content (AvgIpc) is 2.62. The molecule has 0 heterocycles. The molecule has 0 aliphatic heterocycles. The molecule has 26 heavy (non-hydrogen) atoms. The Balaban J connectivity index is 2.26. The van der Waals surface area contributed by atoms with E-state index in [-0.39, 0.29) is 16.4 Å². The number of ether oxygens (including phenoxy) is 2. The van der Waals surface area contributed by atoms with E-state index in [4.69, 9.17) is 21.1 Å². The van der Waals surface area contributed by atoms with Crippen molar-refractivity contribution in [2.24, 2.45) is 0 Å². The molecule has 0 atom stereocenters. The van der Waals surface area contributed by atoms with Crippen LogP contribution in [-0.2, 0) is 4.79 Å². The van der Waals surface area contributed by atoms with Gasteiger partial charge in [0.1, 0.15) is 11.5 Å². The Kier molecular flexibility index (Phi) is 6.19. The maximum atomic E-state index is 12.3. The van der Waals surface area contributed by atoms with Crippen LogP contribution in [0.3, 0.4) is 0 Å². The highest BCUT2D eigenvalue weighted by molar-refractivity contribution is 6.34. The molecular formula is C18H17ClN2O5. The first-order chi connectivity index (χ1) is 12.3. The van der Waals surface area contributed by atoms with Crippen LogP contribution in [-0.4, -0.2) is 25.1 Å². The lowest BCUT2D eigenvalue weighted by Crippen LogP contribution is -2.09. The van der Waals surface area contributed by atoms with Crippen molar-refractivity contribution in [3.8, 4) is 11.5 Å². The summed E-state index contributed by atoms with van der Waals surface area (Å²) < 4.78 is 10.5. The molecule has 2 rings (SSSR count).